The van der Waals surface area contributed by atoms with Crippen molar-refractivity contribution in [1.82, 2.24) is 4.90 Å². The summed E-state index contributed by atoms with van der Waals surface area (Å²) in [6.45, 7) is 8.50. The maximum Gasteiger partial charge on any atom is 0.0509 e. The molecule has 2 saturated heterocycles. The fourth-order valence-corrected chi connectivity index (χ4v) is 4.21. The molecule has 2 aliphatic rings. The molecule has 0 saturated carbocycles. The highest BCUT2D eigenvalue weighted by molar-refractivity contribution is 8.00. The van der Waals surface area contributed by atoms with Crippen molar-refractivity contribution < 1.29 is 4.74 Å². The van der Waals surface area contributed by atoms with Crippen LogP contribution in [0.1, 0.15) is 26.7 Å². The summed E-state index contributed by atoms with van der Waals surface area (Å²) in [5.41, 5.74) is 6.04. The number of nitrogens with two attached hydrogens (primary N) is 1. The second kappa shape index (κ2) is 6.41. The molecule has 0 aromatic rings. The van der Waals surface area contributed by atoms with Gasteiger partial charge in [-0.1, -0.05) is 6.92 Å². The molecule has 100 valence electrons. The predicted molar refractivity (Wildman–Crippen MR) is 74.5 cm³/mol. The first kappa shape index (κ1) is 13.7. The minimum Gasteiger partial charge on any atom is -0.381 e. The van der Waals surface area contributed by atoms with Crippen LogP contribution in [-0.2, 0) is 4.74 Å². The van der Waals surface area contributed by atoms with Gasteiger partial charge in [-0.3, -0.25) is 4.90 Å². The minimum atomic E-state index is 0.522. The van der Waals surface area contributed by atoms with Crippen LogP contribution in [0.15, 0.2) is 0 Å². The van der Waals surface area contributed by atoms with Gasteiger partial charge in [0.2, 0.25) is 0 Å². The van der Waals surface area contributed by atoms with E-state index in [2.05, 4.69) is 30.5 Å². The molecule has 0 aromatic carbocycles. The maximum atomic E-state index is 6.04. The van der Waals surface area contributed by atoms with Crippen LogP contribution >= 0.6 is 11.8 Å². The number of hydrogen-bond donors (Lipinski definition) is 1. The van der Waals surface area contributed by atoms with Gasteiger partial charge >= 0.3 is 0 Å². The summed E-state index contributed by atoms with van der Waals surface area (Å²) in [6.07, 6.45) is 2.49. The molecule has 3 nitrogen and oxygen atoms in total. The van der Waals surface area contributed by atoms with Crippen molar-refractivity contribution in [3.05, 3.63) is 0 Å². The van der Waals surface area contributed by atoms with E-state index < -0.39 is 0 Å². The van der Waals surface area contributed by atoms with E-state index in [4.69, 9.17) is 10.5 Å². The fraction of sp³-hybridized carbons (Fsp3) is 1.00. The molecular formula is C13H26N2OS. The Bertz CT molecular complexity index is 233. The zero-order chi connectivity index (χ0) is 12.3. The minimum absolute atomic E-state index is 0.522. The summed E-state index contributed by atoms with van der Waals surface area (Å²) in [5.74, 6) is 1.89. The highest BCUT2D eigenvalue weighted by Gasteiger charge is 2.34. The van der Waals surface area contributed by atoms with E-state index in [1.54, 1.807) is 0 Å². The normalized spacial score (nSPS) is 37.9. The van der Waals surface area contributed by atoms with E-state index in [-0.39, 0.29) is 0 Å². The molecule has 2 fully saturated rings. The predicted octanol–water partition coefficient (Wildman–Crippen LogP) is 1.57. The maximum absolute atomic E-state index is 6.04. The monoisotopic (exact) mass is 258 g/mol. The van der Waals surface area contributed by atoms with Gasteiger partial charge in [-0.15, -0.1) is 0 Å². The van der Waals surface area contributed by atoms with Gasteiger partial charge < -0.3 is 10.5 Å². The lowest BCUT2D eigenvalue weighted by Gasteiger charge is -2.45. The van der Waals surface area contributed by atoms with Crippen LogP contribution in [0.3, 0.4) is 0 Å². The van der Waals surface area contributed by atoms with E-state index >= 15 is 0 Å². The van der Waals surface area contributed by atoms with Crippen molar-refractivity contribution in [1.29, 1.82) is 0 Å². The second-order valence-corrected chi connectivity index (χ2v) is 6.82. The summed E-state index contributed by atoms with van der Waals surface area (Å²) in [6, 6.07) is 1.16. The molecule has 4 heteroatoms. The number of nitrogens with zero attached hydrogens (tertiary/aromatic N) is 1. The highest BCUT2D eigenvalue weighted by Crippen LogP contribution is 2.30. The first-order valence-corrected chi connectivity index (χ1v) is 7.94. The van der Waals surface area contributed by atoms with Crippen molar-refractivity contribution in [2.75, 3.05) is 32.1 Å². The van der Waals surface area contributed by atoms with Crippen molar-refractivity contribution in [3.63, 3.8) is 0 Å². The van der Waals surface area contributed by atoms with Gasteiger partial charge in [0.25, 0.3) is 0 Å². The van der Waals surface area contributed by atoms with Gasteiger partial charge in [0.05, 0.1) is 6.61 Å². The van der Waals surface area contributed by atoms with Gasteiger partial charge in [-0.05, 0) is 25.7 Å². The third kappa shape index (κ3) is 3.16. The van der Waals surface area contributed by atoms with Gasteiger partial charge in [0, 0.05) is 42.8 Å². The van der Waals surface area contributed by atoms with Gasteiger partial charge in [-0.25, -0.2) is 0 Å². The summed E-state index contributed by atoms with van der Waals surface area (Å²) in [5, 5.41) is 0.724. The van der Waals surface area contributed by atoms with Gasteiger partial charge in [0.15, 0.2) is 0 Å². The Morgan fingerprint density at radius 2 is 2.29 bits per heavy atom. The van der Waals surface area contributed by atoms with E-state index in [1.807, 2.05) is 0 Å². The third-order valence-corrected chi connectivity index (χ3v) is 5.68. The quantitative estimate of drug-likeness (QED) is 0.834. The molecule has 17 heavy (non-hydrogen) atoms. The lowest BCUT2D eigenvalue weighted by atomic mass is 9.91. The summed E-state index contributed by atoms with van der Waals surface area (Å²) in [4.78, 5) is 2.64. The smallest absolute Gasteiger partial charge is 0.0509 e. The van der Waals surface area contributed by atoms with E-state index in [1.165, 1.54) is 25.1 Å². The Morgan fingerprint density at radius 3 is 2.94 bits per heavy atom. The van der Waals surface area contributed by atoms with E-state index in [9.17, 15) is 0 Å². The summed E-state index contributed by atoms with van der Waals surface area (Å²) in [7, 11) is 0. The first-order valence-electron chi connectivity index (χ1n) is 6.89. The van der Waals surface area contributed by atoms with Crippen LogP contribution in [0.5, 0.6) is 0 Å². The second-order valence-electron chi connectivity index (χ2n) is 5.33. The van der Waals surface area contributed by atoms with Crippen molar-refractivity contribution >= 4 is 11.8 Å². The van der Waals surface area contributed by atoms with Crippen LogP contribution in [0.2, 0.25) is 0 Å². The fourth-order valence-electron chi connectivity index (χ4n) is 3.09. The molecular weight excluding hydrogens is 232 g/mol. The largest absolute Gasteiger partial charge is 0.381 e. The first-order chi connectivity index (χ1) is 8.24. The molecule has 2 rings (SSSR count). The zero-order valence-corrected chi connectivity index (χ0v) is 11.9. The lowest BCUT2D eigenvalue weighted by molar-refractivity contribution is 0.00184. The molecule has 2 heterocycles. The molecule has 0 amide bonds. The zero-order valence-electron chi connectivity index (χ0n) is 11.1. The van der Waals surface area contributed by atoms with Gasteiger partial charge in [0.1, 0.15) is 0 Å². The molecule has 0 radical (unpaired) electrons. The van der Waals surface area contributed by atoms with E-state index in [0.29, 0.717) is 18.0 Å². The van der Waals surface area contributed by atoms with E-state index in [0.717, 1.165) is 25.0 Å². The third-order valence-electron chi connectivity index (χ3n) is 4.34. The van der Waals surface area contributed by atoms with Crippen molar-refractivity contribution in [2.45, 2.75) is 44.0 Å². The SMILES string of the molecule is CC1SCCN(C(CN)C2CCCOC2)C1C. The molecule has 0 aromatic heterocycles. The topological polar surface area (TPSA) is 38.5 Å². The number of rotatable bonds is 3. The molecule has 0 bridgehead atoms. The molecule has 0 spiro atoms. The van der Waals surface area contributed by atoms with Crippen LogP contribution in [0.4, 0.5) is 0 Å². The molecule has 4 atom stereocenters. The van der Waals surface area contributed by atoms with Crippen LogP contribution in [0, 0.1) is 5.92 Å². The van der Waals surface area contributed by atoms with Crippen molar-refractivity contribution in [3.8, 4) is 0 Å². The Morgan fingerprint density at radius 1 is 1.47 bits per heavy atom. The number of ether oxygens (including phenoxy) is 1. The highest BCUT2D eigenvalue weighted by atomic mass is 32.2. The van der Waals surface area contributed by atoms with Crippen LogP contribution < -0.4 is 5.73 Å². The van der Waals surface area contributed by atoms with Gasteiger partial charge in [-0.2, -0.15) is 11.8 Å². The summed E-state index contributed by atoms with van der Waals surface area (Å²) < 4.78 is 5.63. The Balaban J connectivity index is 2.00. The molecule has 2 N–H and O–H groups in total. The summed E-state index contributed by atoms with van der Waals surface area (Å²) >= 11 is 2.09. The Kier molecular flexibility index (Phi) is 5.15. The van der Waals surface area contributed by atoms with Crippen LogP contribution in [0.25, 0.3) is 0 Å². The average Bonchev–Trinajstić information content (AvgIpc) is 2.37. The average molecular weight is 258 g/mol. The molecule has 2 aliphatic heterocycles. The Labute approximate surface area is 109 Å². The molecule has 0 aliphatic carbocycles. The standard InChI is InChI=1S/C13H26N2OS/c1-10-11(2)17-7-5-15(10)13(8-14)12-4-3-6-16-9-12/h10-13H,3-9,14H2,1-2H3. The molecule has 4 unspecified atom stereocenters. The van der Waals surface area contributed by atoms with Crippen molar-refractivity contribution in [2.24, 2.45) is 11.7 Å². The Hall–Kier alpha value is 0.230. The van der Waals surface area contributed by atoms with Crippen LogP contribution in [-0.4, -0.2) is 54.3 Å². The number of hydrogen-bond acceptors (Lipinski definition) is 4. The number of thioether (sulfide) groups is 1. The lowest BCUT2D eigenvalue weighted by Crippen LogP contribution is -2.56.